The van der Waals surface area contributed by atoms with Gasteiger partial charge in [-0.2, -0.15) is 5.10 Å². The minimum atomic E-state index is -0.102. The quantitative estimate of drug-likeness (QED) is 0.624. The van der Waals surface area contributed by atoms with Crippen molar-refractivity contribution in [3.8, 4) is 5.69 Å². The standard InChI is InChI=1S/C23H32N4O2/c1-17-14-19(15-24-25-22(28)16-26-10-12-29-13-11-26)18(2)27(17)21-8-6-20(7-9-21)23(3,4)5/h6-9,14-15H,10-13,16H2,1-5H3,(H,25,28)/b24-15+. The van der Waals surface area contributed by atoms with E-state index in [1.54, 1.807) is 6.21 Å². The molecule has 6 heteroatoms. The molecule has 1 aliphatic heterocycles. The van der Waals surface area contributed by atoms with Crippen LogP contribution in [0.5, 0.6) is 0 Å². The lowest BCUT2D eigenvalue weighted by Crippen LogP contribution is -2.42. The molecule has 2 aromatic rings. The maximum atomic E-state index is 12.1. The largest absolute Gasteiger partial charge is 0.379 e. The summed E-state index contributed by atoms with van der Waals surface area (Å²) in [5, 5.41) is 4.17. The molecule has 3 rings (SSSR count). The Morgan fingerprint density at radius 2 is 1.83 bits per heavy atom. The molecule has 1 amide bonds. The summed E-state index contributed by atoms with van der Waals surface area (Å²) in [5.41, 5.74) is 8.44. The molecule has 29 heavy (non-hydrogen) atoms. The second-order valence-corrected chi connectivity index (χ2v) is 8.64. The summed E-state index contributed by atoms with van der Waals surface area (Å²) in [6.45, 7) is 14.1. The number of hydrazone groups is 1. The third-order valence-electron chi connectivity index (χ3n) is 5.33. The minimum absolute atomic E-state index is 0.102. The van der Waals surface area contributed by atoms with Crippen LogP contribution in [0.1, 0.15) is 43.3 Å². The van der Waals surface area contributed by atoms with Gasteiger partial charge in [-0.05, 0) is 43.0 Å². The molecule has 1 aromatic carbocycles. The van der Waals surface area contributed by atoms with E-state index >= 15 is 0 Å². The summed E-state index contributed by atoms with van der Waals surface area (Å²) in [7, 11) is 0. The zero-order valence-electron chi connectivity index (χ0n) is 18.2. The zero-order valence-corrected chi connectivity index (χ0v) is 18.2. The number of nitrogens with one attached hydrogen (secondary N) is 1. The number of hydrogen-bond donors (Lipinski definition) is 1. The SMILES string of the molecule is Cc1cc(/C=N/NC(=O)CN2CCOCC2)c(C)n1-c1ccc(C(C)(C)C)cc1. The predicted molar refractivity (Wildman–Crippen MR) is 117 cm³/mol. The van der Waals surface area contributed by atoms with E-state index in [1.807, 2.05) is 0 Å². The van der Waals surface area contributed by atoms with Crippen LogP contribution in [-0.2, 0) is 14.9 Å². The highest BCUT2D eigenvalue weighted by Gasteiger charge is 2.15. The Bertz CT molecular complexity index is 870. The molecule has 0 spiro atoms. The van der Waals surface area contributed by atoms with Gasteiger partial charge < -0.3 is 9.30 Å². The molecule has 1 N–H and O–H groups in total. The van der Waals surface area contributed by atoms with Gasteiger partial charge in [0.05, 0.1) is 26.0 Å². The van der Waals surface area contributed by atoms with Crippen LogP contribution in [0.15, 0.2) is 35.4 Å². The molecule has 6 nitrogen and oxygen atoms in total. The lowest BCUT2D eigenvalue weighted by molar-refractivity contribution is -0.123. The van der Waals surface area contributed by atoms with Crippen molar-refractivity contribution in [1.82, 2.24) is 14.9 Å². The highest BCUT2D eigenvalue weighted by atomic mass is 16.5. The number of rotatable bonds is 5. The summed E-state index contributed by atoms with van der Waals surface area (Å²) in [6.07, 6.45) is 1.72. The van der Waals surface area contributed by atoms with Crippen LogP contribution in [0, 0.1) is 13.8 Å². The van der Waals surface area contributed by atoms with Gasteiger partial charge in [-0.25, -0.2) is 5.43 Å². The van der Waals surface area contributed by atoms with E-state index < -0.39 is 0 Å². The number of morpholine rings is 1. The average Bonchev–Trinajstić information content (AvgIpc) is 2.95. The summed E-state index contributed by atoms with van der Waals surface area (Å²) < 4.78 is 7.51. The van der Waals surface area contributed by atoms with Gasteiger partial charge in [0, 0.05) is 35.7 Å². The first kappa shape index (κ1) is 21.3. The number of benzene rings is 1. The second-order valence-electron chi connectivity index (χ2n) is 8.64. The van der Waals surface area contributed by atoms with Crippen molar-refractivity contribution >= 4 is 12.1 Å². The van der Waals surface area contributed by atoms with Crippen molar-refractivity contribution in [1.29, 1.82) is 0 Å². The van der Waals surface area contributed by atoms with Crippen molar-refractivity contribution in [2.45, 2.75) is 40.0 Å². The molecule has 0 unspecified atom stereocenters. The number of carbonyl (C=O) groups excluding carboxylic acids is 1. The first-order chi connectivity index (χ1) is 13.8. The summed E-state index contributed by atoms with van der Waals surface area (Å²) in [4.78, 5) is 14.2. The fraction of sp³-hybridized carbons (Fsp3) is 0.478. The van der Waals surface area contributed by atoms with Crippen LogP contribution < -0.4 is 5.43 Å². The molecule has 0 aliphatic carbocycles. The fourth-order valence-corrected chi connectivity index (χ4v) is 3.60. The van der Waals surface area contributed by atoms with E-state index in [4.69, 9.17) is 4.74 Å². The van der Waals surface area contributed by atoms with E-state index in [-0.39, 0.29) is 11.3 Å². The van der Waals surface area contributed by atoms with Crippen LogP contribution in [0.3, 0.4) is 0 Å². The van der Waals surface area contributed by atoms with Gasteiger partial charge in [0.2, 0.25) is 0 Å². The molecule has 1 saturated heterocycles. The molecular formula is C23H32N4O2. The molecular weight excluding hydrogens is 364 g/mol. The molecule has 156 valence electrons. The van der Waals surface area contributed by atoms with Gasteiger partial charge >= 0.3 is 0 Å². The first-order valence-corrected chi connectivity index (χ1v) is 10.2. The molecule has 0 radical (unpaired) electrons. The highest BCUT2D eigenvalue weighted by Crippen LogP contribution is 2.25. The number of amides is 1. The summed E-state index contributed by atoms with van der Waals surface area (Å²) in [6, 6.07) is 10.8. The van der Waals surface area contributed by atoms with Gasteiger partial charge in [-0.1, -0.05) is 32.9 Å². The fourth-order valence-electron chi connectivity index (χ4n) is 3.60. The molecule has 1 aromatic heterocycles. The van der Waals surface area contributed by atoms with Crippen molar-refractivity contribution < 1.29 is 9.53 Å². The van der Waals surface area contributed by atoms with Crippen molar-refractivity contribution in [2.24, 2.45) is 5.10 Å². The summed E-state index contributed by atoms with van der Waals surface area (Å²) in [5.74, 6) is -0.102. The molecule has 0 saturated carbocycles. The van der Waals surface area contributed by atoms with E-state index in [1.165, 1.54) is 5.56 Å². The van der Waals surface area contributed by atoms with Crippen molar-refractivity contribution in [3.63, 3.8) is 0 Å². The zero-order chi connectivity index (χ0) is 21.0. The molecule has 1 aliphatic rings. The number of carbonyl (C=O) groups is 1. The molecule has 0 atom stereocenters. The Balaban J connectivity index is 1.67. The predicted octanol–water partition coefficient (Wildman–Crippen LogP) is 3.17. The molecule has 1 fully saturated rings. The monoisotopic (exact) mass is 396 g/mol. The maximum Gasteiger partial charge on any atom is 0.254 e. The Morgan fingerprint density at radius 3 is 2.45 bits per heavy atom. The third-order valence-corrected chi connectivity index (χ3v) is 5.33. The normalized spacial score (nSPS) is 15.8. The topological polar surface area (TPSA) is 58.9 Å². The minimum Gasteiger partial charge on any atom is -0.379 e. The Morgan fingerprint density at radius 1 is 1.17 bits per heavy atom. The van der Waals surface area contributed by atoms with Crippen molar-refractivity contribution in [2.75, 3.05) is 32.8 Å². The Kier molecular flexibility index (Phi) is 6.55. The van der Waals surface area contributed by atoms with Crippen LogP contribution in [0.2, 0.25) is 0 Å². The summed E-state index contributed by atoms with van der Waals surface area (Å²) >= 11 is 0. The number of nitrogens with zero attached hydrogens (tertiary/aromatic N) is 3. The number of ether oxygens (including phenoxy) is 1. The van der Waals surface area contributed by atoms with E-state index in [2.05, 4.69) is 84.9 Å². The van der Waals surface area contributed by atoms with Crippen LogP contribution >= 0.6 is 0 Å². The Labute approximate surface area is 173 Å². The van der Waals surface area contributed by atoms with Crippen LogP contribution in [0.4, 0.5) is 0 Å². The smallest absolute Gasteiger partial charge is 0.254 e. The van der Waals surface area contributed by atoms with Gasteiger partial charge in [0.15, 0.2) is 0 Å². The average molecular weight is 397 g/mol. The number of hydrogen-bond acceptors (Lipinski definition) is 4. The lowest BCUT2D eigenvalue weighted by atomic mass is 9.87. The van der Waals surface area contributed by atoms with Crippen LogP contribution in [-0.4, -0.2) is 54.4 Å². The maximum absolute atomic E-state index is 12.1. The molecule has 0 bridgehead atoms. The Hall–Kier alpha value is -2.44. The van der Waals surface area contributed by atoms with E-state index in [0.717, 1.165) is 35.7 Å². The lowest BCUT2D eigenvalue weighted by Gasteiger charge is -2.25. The van der Waals surface area contributed by atoms with Crippen LogP contribution in [0.25, 0.3) is 5.69 Å². The first-order valence-electron chi connectivity index (χ1n) is 10.2. The van der Waals surface area contributed by atoms with Gasteiger partial charge in [0.25, 0.3) is 5.91 Å². The second kappa shape index (κ2) is 8.93. The van der Waals surface area contributed by atoms with E-state index in [0.29, 0.717) is 19.8 Å². The van der Waals surface area contributed by atoms with E-state index in [9.17, 15) is 4.79 Å². The van der Waals surface area contributed by atoms with Gasteiger partial charge in [-0.3, -0.25) is 9.69 Å². The van der Waals surface area contributed by atoms with Gasteiger partial charge in [0.1, 0.15) is 0 Å². The van der Waals surface area contributed by atoms with Gasteiger partial charge in [-0.15, -0.1) is 0 Å². The number of aromatic nitrogens is 1. The third kappa shape index (κ3) is 5.34. The molecule has 2 heterocycles. The number of aryl methyl sites for hydroxylation is 1. The highest BCUT2D eigenvalue weighted by molar-refractivity contribution is 5.84. The van der Waals surface area contributed by atoms with Crippen molar-refractivity contribution in [3.05, 3.63) is 52.8 Å².